The third-order valence-corrected chi connectivity index (χ3v) is 6.45. The van der Waals surface area contributed by atoms with Gasteiger partial charge in [0.1, 0.15) is 11.9 Å². The maximum atomic E-state index is 13.2. The number of ether oxygens (including phenoxy) is 2. The van der Waals surface area contributed by atoms with E-state index in [0.29, 0.717) is 44.6 Å². The summed E-state index contributed by atoms with van der Waals surface area (Å²) in [5.74, 6) is -2.67. The molecular weight excluding hydrogens is 469 g/mol. The summed E-state index contributed by atoms with van der Waals surface area (Å²) >= 11 is 0. The SMILES string of the molecule is N#Cc1ccc(N2CCN(C(=O)C[C@H]3CC[C@H](COC4CNNC(=O)C4C(F)(F)F)O3)CC2)nc1. The van der Waals surface area contributed by atoms with Gasteiger partial charge in [-0.1, -0.05) is 0 Å². The molecule has 0 aliphatic carbocycles. The van der Waals surface area contributed by atoms with Gasteiger partial charge in [-0.25, -0.2) is 10.4 Å². The number of hydrazine groups is 1. The second kappa shape index (κ2) is 10.8. The third kappa shape index (κ3) is 6.19. The molecule has 3 fully saturated rings. The highest BCUT2D eigenvalue weighted by atomic mass is 19.4. The number of rotatable bonds is 6. The number of hydrogen-bond donors (Lipinski definition) is 2. The van der Waals surface area contributed by atoms with E-state index in [1.807, 2.05) is 11.5 Å². The number of carbonyl (C=O) groups excluding carboxylic acids is 2. The summed E-state index contributed by atoms with van der Waals surface area (Å²) in [5, 5.41) is 8.88. The van der Waals surface area contributed by atoms with E-state index in [4.69, 9.17) is 14.7 Å². The molecule has 2 N–H and O–H groups in total. The number of halogens is 3. The van der Waals surface area contributed by atoms with Crippen LogP contribution in [-0.4, -0.2) is 85.5 Å². The normalized spacial score (nSPS) is 27.4. The summed E-state index contributed by atoms with van der Waals surface area (Å²) in [6.07, 6.45) is -3.89. The Balaban J connectivity index is 1.19. The Morgan fingerprint density at radius 3 is 2.63 bits per heavy atom. The lowest BCUT2D eigenvalue weighted by Crippen LogP contribution is -2.60. The number of aromatic nitrogens is 1. The molecule has 190 valence electrons. The van der Waals surface area contributed by atoms with Gasteiger partial charge in [-0.3, -0.25) is 15.0 Å². The molecule has 4 atom stereocenters. The number of nitrogens with zero attached hydrogens (tertiary/aromatic N) is 4. The maximum absolute atomic E-state index is 13.2. The number of carbonyl (C=O) groups is 2. The van der Waals surface area contributed by atoms with Crippen molar-refractivity contribution in [2.24, 2.45) is 5.92 Å². The summed E-state index contributed by atoms with van der Waals surface area (Å²) in [4.78, 5) is 32.5. The van der Waals surface area contributed by atoms with Crippen molar-refractivity contribution in [1.82, 2.24) is 20.7 Å². The first kappa shape index (κ1) is 25.2. The van der Waals surface area contributed by atoms with Crippen LogP contribution in [0, 0.1) is 17.2 Å². The summed E-state index contributed by atoms with van der Waals surface area (Å²) in [7, 11) is 0. The zero-order valence-electron chi connectivity index (χ0n) is 19.0. The lowest BCUT2D eigenvalue weighted by atomic mass is 9.99. The summed E-state index contributed by atoms with van der Waals surface area (Å²) in [5.41, 5.74) is 4.90. The van der Waals surface area contributed by atoms with E-state index >= 15 is 0 Å². The van der Waals surface area contributed by atoms with Gasteiger partial charge in [0.15, 0.2) is 5.92 Å². The van der Waals surface area contributed by atoms with Gasteiger partial charge in [-0.05, 0) is 25.0 Å². The Kier molecular flexibility index (Phi) is 7.73. The summed E-state index contributed by atoms with van der Waals surface area (Å²) in [6, 6.07) is 5.53. The number of pyridine rings is 1. The topological polar surface area (TPSA) is 120 Å². The van der Waals surface area contributed by atoms with Crippen molar-refractivity contribution in [2.45, 2.75) is 43.8 Å². The summed E-state index contributed by atoms with van der Waals surface area (Å²) in [6.45, 7) is 2.08. The van der Waals surface area contributed by atoms with Gasteiger partial charge < -0.3 is 19.3 Å². The van der Waals surface area contributed by atoms with Crippen LogP contribution >= 0.6 is 0 Å². The fourth-order valence-electron chi connectivity index (χ4n) is 4.55. The molecule has 10 nitrogen and oxygen atoms in total. The molecule has 4 heterocycles. The molecule has 3 aliphatic rings. The first-order valence-corrected chi connectivity index (χ1v) is 11.5. The second-order valence-corrected chi connectivity index (χ2v) is 8.81. The zero-order chi connectivity index (χ0) is 25.0. The molecule has 0 saturated carbocycles. The maximum Gasteiger partial charge on any atom is 0.403 e. The van der Waals surface area contributed by atoms with E-state index in [1.54, 1.807) is 17.0 Å². The van der Waals surface area contributed by atoms with Crippen molar-refractivity contribution in [1.29, 1.82) is 5.26 Å². The van der Waals surface area contributed by atoms with Crippen LogP contribution in [0.2, 0.25) is 0 Å². The number of anilines is 1. The number of alkyl halides is 3. The van der Waals surface area contributed by atoms with Gasteiger partial charge in [0.05, 0.1) is 36.9 Å². The molecule has 0 spiro atoms. The smallest absolute Gasteiger partial charge is 0.373 e. The molecule has 0 radical (unpaired) electrons. The number of nitrogens with one attached hydrogen (secondary N) is 2. The van der Waals surface area contributed by atoms with E-state index < -0.39 is 30.2 Å². The Labute approximate surface area is 200 Å². The average Bonchev–Trinajstić information content (AvgIpc) is 3.29. The molecule has 2 amide bonds. The predicted octanol–water partition coefficient (Wildman–Crippen LogP) is 0.738. The van der Waals surface area contributed by atoms with Gasteiger partial charge in [0, 0.05) is 38.9 Å². The first-order valence-electron chi connectivity index (χ1n) is 11.5. The van der Waals surface area contributed by atoms with Crippen LogP contribution in [-0.2, 0) is 19.1 Å². The van der Waals surface area contributed by atoms with Crippen molar-refractivity contribution < 1.29 is 32.2 Å². The Bertz CT molecular complexity index is 946. The number of hydrogen-bond acceptors (Lipinski definition) is 8. The molecule has 2 unspecified atom stereocenters. The van der Waals surface area contributed by atoms with E-state index in [2.05, 4.69) is 15.3 Å². The fourth-order valence-corrected chi connectivity index (χ4v) is 4.55. The van der Waals surface area contributed by atoms with Gasteiger partial charge in [-0.15, -0.1) is 0 Å². The summed E-state index contributed by atoms with van der Waals surface area (Å²) < 4.78 is 50.9. The highest BCUT2D eigenvalue weighted by Gasteiger charge is 2.52. The van der Waals surface area contributed by atoms with Crippen molar-refractivity contribution >= 4 is 17.6 Å². The van der Waals surface area contributed by atoms with E-state index in [1.165, 1.54) is 6.20 Å². The monoisotopic (exact) mass is 496 g/mol. The van der Waals surface area contributed by atoms with Crippen molar-refractivity contribution in [3.05, 3.63) is 23.9 Å². The molecule has 1 aromatic rings. The molecule has 1 aromatic heterocycles. The van der Waals surface area contributed by atoms with Crippen LogP contribution in [0.3, 0.4) is 0 Å². The lowest BCUT2D eigenvalue weighted by molar-refractivity contribution is -0.215. The van der Waals surface area contributed by atoms with Gasteiger partial charge in [0.2, 0.25) is 11.8 Å². The molecular formula is C22H27F3N6O4. The van der Waals surface area contributed by atoms with Crippen molar-refractivity contribution in [2.75, 3.05) is 44.2 Å². The quantitative estimate of drug-likeness (QED) is 0.592. The third-order valence-electron chi connectivity index (χ3n) is 6.45. The minimum absolute atomic E-state index is 0.0331. The molecule has 3 aliphatic heterocycles. The molecule has 35 heavy (non-hydrogen) atoms. The highest BCUT2D eigenvalue weighted by molar-refractivity contribution is 5.80. The Morgan fingerprint density at radius 1 is 1.23 bits per heavy atom. The molecule has 3 saturated heterocycles. The number of amides is 2. The van der Waals surface area contributed by atoms with Gasteiger partial charge >= 0.3 is 6.18 Å². The standard InChI is InChI=1S/C22H27F3N6O4/c23-22(24,25)20-17(12-28-29-21(20)33)34-13-16-3-2-15(35-16)9-19(32)31-7-5-30(6-8-31)18-4-1-14(10-26)11-27-18/h1,4,11,15-17,20,28H,2-3,5-9,12-13H2,(H,29,33)/t15-,16-,17?,20?/m1/s1. The van der Waals surface area contributed by atoms with Crippen LogP contribution < -0.4 is 15.8 Å². The number of piperazine rings is 1. The van der Waals surface area contributed by atoms with Crippen molar-refractivity contribution in [3.63, 3.8) is 0 Å². The second-order valence-electron chi connectivity index (χ2n) is 8.81. The molecule has 4 rings (SSSR count). The first-order chi connectivity index (χ1) is 16.7. The van der Waals surface area contributed by atoms with Gasteiger partial charge in [0.25, 0.3) is 0 Å². The highest BCUT2D eigenvalue weighted by Crippen LogP contribution is 2.32. The molecule has 13 heteroatoms. The minimum Gasteiger partial charge on any atom is -0.373 e. The Morgan fingerprint density at radius 2 is 1.97 bits per heavy atom. The largest absolute Gasteiger partial charge is 0.403 e. The van der Waals surface area contributed by atoms with Crippen LogP contribution in [0.5, 0.6) is 0 Å². The van der Waals surface area contributed by atoms with Crippen LogP contribution in [0.1, 0.15) is 24.8 Å². The average molecular weight is 496 g/mol. The van der Waals surface area contributed by atoms with E-state index in [0.717, 1.165) is 5.82 Å². The van der Waals surface area contributed by atoms with Crippen LogP contribution in [0.15, 0.2) is 18.3 Å². The van der Waals surface area contributed by atoms with Crippen LogP contribution in [0.4, 0.5) is 19.0 Å². The lowest BCUT2D eigenvalue weighted by Gasteiger charge is -2.35. The number of nitriles is 1. The molecule has 0 aromatic carbocycles. The van der Waals surface area contributed by atoms with Crippen molar-refractivity contribution in [3.8, 4) is 6.07 Å². The minimum atomic E-state index is -4.71. The fraction of sp³-hybridized carbons (Fsp3) is 0.636. The van der Waals surface area contributed by atoms with E-state index in [-0.39, 0.29) is 31.6 Å². The van der Waals surface area contributed by atoms with Crippen LogP contribution in [0.25, 0.3) is 0 Å². The zero-order valence-corrected chi connectivity index (χ0v) is 19.0. The Hall–Kier alpha value is -2.95. The molecule has 0 bridgehead atoms. The van der Waals surface area contributed by atoms with Gasteiger partial charge in [-0.2, -0.15) is 18.4 Å². The van der Waals surface area contributed by atoms with E-state index in [9.17, 15) is 22.8 Å². The predicted molar refractivity (Wildman–Crippen MR) is 116 cm³/mol.